The van der Waals surface area contributed by atoms with Gasteiger partial charge in [0.15, 0.2) is 0 Å². The second-order valence-electron chi connectivity index (χ2n) is 8.23. The lowest BCUT2D eigenvalue weighted by Gasteiger charge is -2.37. The normalized spacial score (nSPS) is 19.1. The molecule has 0 spiro atoms. The third-order valence-corrected chi connectivity index (χ3v) is 6.20. The van der Waals surface area contributed by atoms with E-state index in [1.807, 2.05) is 43.1 Å². The molecule has 0 saturated carbocycles. The highest BCUT2D eigenvalue weighted by Crippen LogP contribution is 2.27. The number of nitrogens with one attached hydrogen (secondary N) is 2. The summed E-state index contributed by atoms with van der Waals surface area (Å²) >= 11 is 0. The second-order valence-corrected chi connectivity index (χ2v) is 8.23. The summed E-state index contributed by atoms with van der Waals surface area (Å²) in [5.74, 6) is 0.109. The predicted octanol–water partition coefficient (Wildman–Crippen LogP) is 2.14. The van der Waals surface area contributed by atoms with Crippen LogP contribution in [0.15, 0.2) is 24.3 Å². The summed E-state index contributed by atoms with van der Waals surface area (Å²) < 4.78 is 0. The molecule has 1 aromatic carbocycles. The largest absolute Gasteiger partial charge is 0.371 e. The van der Waals surface area contributed by atoms with E-state index >= 15 is 0 Å². The molecule has 0 aliphatic carbocycles. The highest BCUT2D eigenvalue weighted by molar-refractivity contribution is 5.99. The number of anilines is 1. The average molecular weight is 402 g/mol. The van der Waals surface area contributed by atoms with Crippen LogP contribution >= 0.6 is 0 Å². The standard InChI is InChI=1S/C22H35N5O2/c1-4-23-22(29)24-17-9-15-27(16-10-17)20-8-6-5-7-19(20)21(28)26(3)18-11-13-25(2)14-12-18/h5-8,17-18H,4,9-16H2,1-3H3,(H2,23,24,29). The van der Waals surface area contributed by atoms with E-state index in [1.165, 1.54) is 0 Å². The monoisotopic (exact) mass is 401 g/mol. The number of rotatable bonds is 5. The van der Waals surface area contributed by atoms with Gasteiger partial charge in [-0.25, -0.2) is 4.79 Å². The number of nitrogens with zero attached hydrogens (tertiary/aromatic N) is 3. The molecule has 2 fully saturated rings. The topological polar surface area (TPSA) is 67.9 Å². The van der Waals surface area contributed by atoms with Gasteiger partial charge >= 0.3 is 6.03 Å². The minimum absolute atomic E-state index is 0.0960. The van der Waals surface area contributed by atoms with Gasteiger partial charge in [0.25, 0.3) is 5.91 Å². The number of piperidine rings is 2. The van der Waals surface area contributed by atoms with E-state index in [-0.39, 0.29) is 18.0 Å². The zero-order valence-electron chi connectivity index (χ0n) is 18.0. The van der Waals surface area contributed by atoms with Crippen LogP contribution in [0.3, 0.4) is 0 Å². The summed E-state index contributed by atoms with van der Waals surface area (Å²) in [6.07, 6.45) is 3.81. The molecule has 2 N–H and O–H groups in total. The van der Waals surface area contributed by atoms with Gasteiger partial charge in [0.2, 0.25) is 0 Å². The Morgan fingerprint density at radius 2 is 1.72 bits per heavy atom. The van der Waals surface area contributed by atoms with Crippen molar-refractivity contribution in [2.24, 2.45) is 0 Å². The van der Waals surface area contributed by atoms with Crippen LogP contribution in [0.4, 0.5) is 10.5 Å². The average Bonchev–Trinajstić information content (AvgIpc) is 2.74. The molecular formula is C22H35N5O2. The minimum Gasteiger partial charge on any atom is -0.371 e. The first-order chi connectivity index (χ1) is 14.0. The van der Waals surface area contributed by atoms with E-state index in [2.05, 4.69) is 27.5 Å². The molecule has 2 aliphatic heterocycles. The summed E-state index contributed by atoms with van der Waals surface area (Å²) in [7, 11) is 4.08. The van der Waals surface area contributed by atoms with Gasteiger partial charge in [0, 0.05) is 44.5 Å². The lowest BCUT2D eigenvalue weighted by atomic mass is 10.0. The molecule has 0 atom stereocenters. The summed E-state index contributed by atoms with van der Waals surface area (Å²) in [6.45, 7) is 6.29. The molecule has 0 bridgehead atoms. The Balaban J connectivity index is 1.63. The van der Waals surface area contributed by atoms with E-state index in [0.29, 0.717) is 12.6 Å². The zero-order chi connectivity index (χ0) is 20.8. The van der Waals surface area contributed by atoms with Crippen molar-refractivity contribution < 1.29 is 9.59 Å². The molecule has 3 rings (SSSR count). The number of hydrogen-bond donors (Lipinski definition) is 2. The fourth-order valence-electron chi connectivity index (χ4n) is 4.33. The van der Waals surface area contributed by atoms with Crippen molar-refractivity contribution in [3.05, 3.63) is 29.8 Å². The van der Waals surface area contributed by atoms with E-state index in [1.54, 1.807) is 0 Å². The Hall–Kier alpha value is -2.28. The number of para-hydroxylation sites is 1. The van der Waals surface area contributed by atoms with Gasteiger partial charge in [-0.05, 0) is 64.9 Å². The summed E-state index contributed by atoms with van der Waals surface area (Å²) in [5, 5.41) is 5.83. The van der Waals surface area contributed by atoms with Crippen molar-refractivity contribution in [2.45, 2.75) is 44.7 Å². The Labute approximate surface area is 174 Å². The van der Waals surface area contributed by atoms with Crippen molar-refractivity contribution in [1.82, 2.24) is 20.4 Å². The molecule has 160 valence electrons. The van der Waals surface area contributed by atoms with Gasteiger partial charge in [-0.15, -0.1) is 0 Å². The Kier molecular flexibility index (Phi) is 7.36. The van der Waals surface area contributed by atoms with E-state index in [0.717, 1.165) is 63.1 Å². The number of carbonyl (C=O) groups is 2. The molecule has 2 aliphatic rings. The number of carbonyl (C=O) groups excluding carboxylic acids is 2. The van der Waals surface area contributed by atoms with Gasteiger partial charge in [-0.2, -0.15) is 0 Å². The Morgan fingerprint density at radius 3 is 2.38 bits per heavy atom. The number of likely N-dealkylation sites (tertiary alicyclic amines) is 1. The highest BCUT2D eigenvalue weighted by Gasteiger charge is 2.28. The maximum absolute atomic E-state index is 13.3. The molecule has 2 heterocycles. The Morgan fingerprint density at radius 1 is 1.07 bits per heavy atom. The molecule has 0 aromatic heterocycles. The lowest BCUT2D eigenvalue weighted by Crippen LogP contribution is -2.48. The first-order valence-electron chi connectivity index (χ1n) is 10.8. The van der Waals surface area contributed by atoms with E-state index < -0.39 is 0 Å². The molecule has 0 unspecified atom stereocenters. The van der Waals surface area contributed by atoms with Gasteiger partial charge in [0.1, 0.15) is 0 Å². The summed E-state index contributed by atoms with van der Waals surface area (Å²) in [5.41, 5.74) is 1.79. The van der Waals surface area contributed by atoms with Crippen molar-refractivity contribution in [2.75, 3.05) is 51.7 Å². The highest BCUT2D eigenvalue weighted by atomic mass is 16.2. The summed E-state index contributed by atoms with van der Waals surface area (Å²) in [6, 6.07) is 8.33. The molecule has 3 amide bonds. The van der Waals surface area contributed by atoms with Gasteiger partial charge in [-0.1, -0.05) is 12.1 Å². The van der Waals surface area contributed by atoms with Crippen molar-refractivity contribution in [3.63, 3.8) is 0 Å². The van der Waals surface area contributed by atoms with Crippen LogP contribution in [0.2, 0.25) is 0 Å². The molecule has 1 aromatic rings. The van der Waals surface area contributed by atoms with Crippen LogP contribution in [0, 0.1) is 0 Å². The molecule has 0 radical (unpaired) electrons. The van der Waals surface area contributed by atoms with Crippen molar-refractivity contribution in [3.8, 4) is 0 Å². The third-order valence-electron chi connectivity index (χ3n) is 6.20. The smallest absolute Gasteiger partial charge is 0.314 e. The maximum Gasteiger partial charge on any atom is 0.314 e. The van der Waals surface area contributed by atoms with Crippen LogP contribution in [0.25, 0.3) is 0 Å². The van der Waals surface area contributed by atoms with Crippen molar-refractivity contribution in [1.29, 1.82) is 0 Å². The van der Waals surface area contributed by atoms with Crippen molar-refractivity contribution >= 4 is 17.6 Å². The molecule has 7 nitrogen and oxygen atoms in total. The quantitative estimate of drug-likeness (QED) is 0.793. The molecule has 7 heteroatoms. The second kappa shape index (κ2) is 9.96. The van der Waals surface area contributed by atoms with Crippen LogP contribution in [0.5, 0.6) is 0 Å². The fraction of sp³-hybridized carbons (Fsp3) is 0.636. The van der Waals surface area contributed by atoms with Crippen LogP contribution in [-0.4, -0.2) is 80.6 Å². The molecular weight excluding hydrogens is 366 g/mol. The van der Waals surface area contributed by atoms with Gasteiger partial charge in [0.05, 0.1) is 5.56 Å². The first kappa shape index (κ1) is 21.4. The van der Waals surface area contributed by atoms with E-state index in [4.69, 9.17) is 0 Å². The number of amides is 3. The fourth-order valence-corrected chi connectivity index (χ4v) is 4.33. The third kappa shape index (κ3) is 5.41. The SMILES string of the molecule is CCNC(=O)NC1CCN(c2ccccc2C(=O)N(C)C2CCN(C)CC2)CC1. The number of hydrogen-bond acceptors (Lipinski definition) is 4. The lowest BCUT2D eigenvalue weighted by molar-refractivity contribution is 0.0660. The summed E-state index contributed by atoms with van der Waals surface area (Å²) in [4.78, 5) is 31.6. The van der Waals surface area contributed by atoms with Crippen LogP contribution in [0.1, 0.15) is 43.0 Å². The number of benzene rings is 1. The van der Waals surface area contributed by atoms with Crippen LogP contribution < -0.4 is 15.5 Å². The van der Waals surface area contributed by atoms with Gasteiger partial charge in [-0.3, -0.25) is 4.79 Å². The zero-order valence-corrected chi connectivity index (χ0v) is 18.0. The number of urea groups is 1. The van der Waals surface area contributed by atoms with Crippen LogP contribution in [-0.2, 0) is 0 Å². The minimum atomic E-state index is -0.0960. The molecule has 29 heavy (non-hydrogen) atoms. The first-order valence-corrected chi connectivity index (χ1v) is 10.8. The van der Waals surface area contributed by atoms with Gasteiger partial charge < -0.3 is 25.3 Å². The molecule has 2 saturated heterocycles. The van der Waals surface area contributed by atoms with E-state index in [9.17, 15) is 9.59 Å². The predicted molar refractivity (Wildman–Crippen MR) is 116 cm³/mol. The maximum atomic E-state index is 13.3. The Bertz CT molecular complexity index is 694.